The number of ether oxygens (including phenoxy) is 1. The molecule has 0 heterocycles. The summed E-state index contributed by atoms with van der Waals surface area (Å²) in [4.78, 5) is 0. The highest BCUT2D eigenvalue weighted by Crippen LogP contribution is 2.39. The molecule has 0 aliphatic heterocycles. The molecule has 0 radical (unpaired) electrons. The highest BCUT2D eigenvalue weighted by molar-refractivity contribution is 5.66. The molecular weight excluding hydrogens is 348 g/mol. The molecule has 0 aliphatic carbocycles. The molecule has 2 rings (SSSR count). The number of halogens is 8. The Morgan fingerprint density at radius 1 is 0.708 bits per heavy atom. The average Bonchev–Trinajstić information content (AvgIpc) is 2.44. The van der Waals surface area contributed by atoms with Crippen LogP contribution in [0.5, 0.6) is 5.75 Å². The molecule has 130 valence electrons. The smallest absolute Gasteiger partial charge is 0.419 e. The average molecular weight is 356 g/mol. The van der Waals surface area contributed by atoms with E-state index in [1.807, 2.05) is 0 Å². The van der Waals surface area contributed by atoms with Crippen LogP contribution in [-0.4, -0.2) is 6.61 Å². The number of alkyl halides is 8. The van der Waals surface area contributed by atoms with E-state index in [-0.39, 0.29) is 11.1 Å². The van der Waals surface area contributed by atoms with Crippen LogP contribution in [0.25, 0.3) is 11.1 Å². The fourth-order valence-electron chi connectivity index (χ4n) is 1.98. The molecule has 0 aromatic heterocycles. The SMILES string of the molecule is FC(F)Oc1cc(-c2ccc(C(F)(F)F)cc2)ccc1C(F)(F)F. The third kappa shape index (κ3) is 4.15. The monoisotopic (exact) mass is 356 g/mol. The summed E-state index contributed by atoms with van der Waals surface area (Å²) in [5.41, 5.74) is -2.22. The van der Waals surface area contributed by atoms with E-state index in [2.05, 4.69) is 4.74 Å². The number of hydrogen-bond donors (Lipinski definition) is 0. The van der Waals surface area contributed by atoms with Gasteiger partial charge >= 0.3 is 19.0 Å². The molecule has 9 heteroatoms. The van der Waals surface area contributed by atoms with Gasteiger partial charge in [-0.3, -0.25) is 0 Å². The predicted octanol–water partition coefficient (Wildman–Crippen LogP) is 5.99. The molecule has 0 aliphatic rings. The summed E-state index contributed by atoms with van der Waals surface area (Å²) in [6.45, 7) is -3.48. The van der Waals surface area contributed by atoms with Crippen LogP contribution in [0.1, 0.15) is 11.1 Å². The maximum Gasteiger partial charge on any atom is 0.419 e. The lowest BCUT2D eigenvalue weighted by molar-refractivity contribution is -0.142. The first-order chi connectivity index (χ1) is 11.0. The van der Waals surface area contributed by atoms with Crippen LogP contribution in [0, 0.1) is 0 Å². The molecule has 0 fully saturated rings. The van der Waals surface area contributed by atoms with Gasteiger partial charge in [-0.25, -0.2) is 0 Å². The van der Waals surface area contributed by atoms with Crippen molar-refractivity contribution in [3.05, 3.63) is 53.6 Å². The lowest BCUT2D eigenvalue weighted by atomic mass is 10.0. The number of hydrogen-bond acceptors (Lipinski definition) is 1. The molecule has 0 amide bonds. The van der Waals surface area contributed by atoms with Gasteiger partial charge in [-0.05, 0) is 35.4 Å². The predicted molar refractivity (Wildman–Crippen MR) is 68.5 cm³/mol. The summed E-state index contributed by atoms with van der Waals surface area (Å²) in [7, 11) is 0. The van der Waals surface area contributed by atoms with Crippen LogP contribution in [0.4, 0.5) is 35.1 Å². The Balaban J connectivity index is 2.44. The Hall–Kier alpha value is -2.32. The zero-order chi connectivity index (χ0) is 18.1. The maximum atomic E-state index is 12.8. The van der Waals surface area contributed by atoms with Crippen molar-refractivity contribution in [3.63, 3.8) is 0 Å². The second-order valence-corrected chi connectivity index (χ2v) is 4.66. The van der Waals surface area contributed by atoms with E-state index < -0.39 is 35.8 Å². The topological polar surface area (TPSA) is 9.23 Å². The van der Waals surface area contributed by atoms with Crippen molar-refractivity contribution in [2.75, 3.05) is 0 Å². The molecule has 0 spiro atoms. The number of rotatable bonds is 3. The van der Waals surface area contributed by atoms with Gasteiger partial charge in [0.15, 0.2) is 0 Å². The van der Waals surface area contributed by atoms with E-state index in [0.717, 1.165) is 30.3 Å². The van der Waals surface area contributed by atoms with Crippen LogP contribution in [-0.2, 0) is 12.4 Å². The van der Waals surface area contributed by atoms with Crippen molar-refractivity contribution in [1.29, 1.82) is 0 Å². The lowest BCUT2D eigenvalue weighted by Gasteiger charge is -2.15. The zero-order valence-electron chi connectivity index (χ0n) is 11.6. The molecular formula is C15H8F8O. The quantitative estimate of drug-likeness (QED) is 0.614. The largest absolute Gasteiger partial charge is 0.434 e. The van der Waals surface area contributed by atoms with Gasteiger partial charge in [0.25, 0.3) is 0 Å². The van der Waals surface area contributed by atoms with Crippen molar-refractivity contribution in [3.8, 4) is 16.9 Å². The van der Waals surface area contributed by atoms with Gasteiger partial charge < -0.3 is 4.74 Å². The Morgan fingerprint density at radius 2 is 1.25 bits per heavy atom. The Labute approximate surface area is 130 Å². The Bertz CT molecular complexity index is 701. The van der Waals surface area contributed by atoms with Gasteiger partial charge in [0.2, 0.25) is 0 Å². The van der Waals surface area contributed by atoms with Crippen LogP contribution in [0.3, 0.4) is 0 Å². The lowest BCUT2D eigenvalue weighted by Crippen LogP contribution is -2.11. The highest BCUT2D eigenvalue weighted by atomic mass is 19.4. The second-order valence-electron chi connectivity index (χ2n) is 4.66. The molecule has 0 bridgehead atoms. The van der Waals surface area contributed by atoms with Crippen molar-refractivity contribution in [2.45, 2.75) is 19.0 Å². The fourth-order valence-corrected chi connectivity index (χ4v) is 1.98. The first-order valence-corrected chi connectivity index (χ1v) is 6.32. The molecule has 2 aromatic rings. The zero-order valence-corrected chi connectivity index (χ0v) is 11.6. The summed E-state index contributed by atoms with van der Waals surface area (Å²) in [5.74, 6) is -1.10. The Morgan fingerprint density at radius 3 is 1.71 bits per heavy atom. The first kappa shape index (κ1) is 18.0. The molecule has 0 atom stereocenters. The van der Waals surface area contributed by atoms with E-state index in [1.165, 1.54) is 0 Å². The second kappa shape index (κ2) is 6.29. The minimum atomic E-state index is -4.91. The summed E-state index contributed by atoms with van der Waals surface area (Å²) < 4.78 is 104. The molecule has 2 aromatic carbocycles. The van der Waals surface area contributed by atoms with Gasteiger partial charge in [0, 0.05) is 0 Å². The third-order valence-electron chi connectivity index (χ3n) is 3.05. The third-order valence-corrected chi connectivity index (χ3v) is 3.05. The summed E-state index contributed by atoms with van der Waals surface area (Å²) in [6.07, 6.45) is -9.48. The summed E-state index contributed by atoms with van der Waals surface area (Å²) >= 11 is 0. The first-order valence-electron chi connectivity index (χ1n) is 6.32. The summed E-state index contributed by atoms with van der Waals surface area (Å²) in [5, 5.41) is 0. The highest BCUT2D eigenvalue weighted by Gasteiger charge is 2.35. The molecule has 1 nitrogen and oxygen atoms in total. The van der Waals surface area contributed by atoms with Crippen LogP contribution < -0.4 is 4.74 Å². The van der Waals surface area contributed by atoms with Gasteiger partial charge in [-0.1, -0.05) is 18.2 Å². The summed E-state index contributed by atoms with van der Waals surface area (Å²) in [6, 6.07) is 5.72. The molecule has 0 unspecified atom stereocenters. The van der Waals surface area contributed by atoms with Gasteiger partial charge in [-0.15, -0.1) is 0 Å². The van der Waals surface area contributed by atoms with Crippen LogP contribution >= 0.6 is 0 Å². The Kier molecular flexibility index (Phi) is 4.73. The van der Waals surface area contributed by atoms with Crippen molar-refractivity contribution >= 4 is 0 Å². The van der Waals surface area contributed by atoms with Crippen LogP contribution in [0.2, 0.25) is 0 Å². The molecule has 0 saturated carbocycles. The number of benzene rings is 2. The van der Waals surface area contributed by atoms with Crippen LogP contribution in [0.15, 0.2) is 42.5 Å². The van der Waals surface area contributed by atoms with Gasteiger partial charge in [0.1, 0.15) is 5.75 Å². The molecule has 0 saturated heterocycles. The van der Waals surface area contributed by atoms with Crippen molar-refractivity contribution < 1.29 is 39.9 Å². The van der Waals surface area contributed by atoms with Crippen molar-refractivity contribution in [1.82, 2.24) is 0 Å². The van der Waals surface area contributed by atoms with E-state index in [9.17, 15) is 35.1 Å². The van der Waals surface area contributed by atoms with E-state index >= 15 is 0 Å². The standard InChI is InChI=1S/C15H8F8O/c16-13(17)24-12-7-9(3-6-11(12)15(21,22)23)8-1-4-10(5-2-8)14(18,19)20/h1-7,13H. The van der Waals surface area contributed by atoms with E-state index in [0.29, 0.717) is 12.1 Å². The van der Waals surface area contributed by atoms with E-state index in [1.54, 1.807) is 0 Å². The van der Waals surface area contributed by atoms with E-state index in [4.69, 9.17) is 0 Å². The fraction of sp³-hybridized carbons (Fsp3) is 0.200. The van der Waals surface area contributed by atoms with Gasteiger partial charge in [0.05, 0.1) is 11.1 Å². The maximum absolute atomic E-state index is 12.8. The minimum Gasteiger partial charge on any atom is -0.434 e. The molecule has 0 N–H and O–H groups in total. The van der Waals surface area contributed by atoms with Gasteiger partial charge in [-0.2, -0.15) is 35.1 Å². The molecule has 24 heavy (non-hydrogen) atoms. The normalized spacial score (nSPS) is 12.5. The van der Waals surface area contributed by atoms with Crippen molar-refractivity contribution in [2.24, 2.45) is 0 Å². The minimum absolute atomic E-state index is 0.00683.